The molecule has 1 aliphatic heterocycles. The van der Waals surface area contributed by atoms with Crippen molar-refractivity contribution >= 4 is 5.91 Å². The van der Waals surface area contributed by atoms with Crippen molar-refractivity contribution in [2.24, 2.45) is 5.92 Å². The van der Waals surface area contributed by atoms with Gasteiger partial charge in [0.05, 0.1) is 0 Å². The molecule has 3 nitrogen and oxygen atoms in total. The van der Waals surface area contributed by atoms with Crippen LogP contribution in [-0.2, 0) is 4.79 Å². The van der Waals surface area contributed by atoms with Gasteiger partial charge in [-0.05, 0) is 44.6 Å². The largest absolute Gasteiger partial charge is 0.339 e. The van der Waals surface area contributed by atoms with Crippen molar-refractivity contribution in [3.05, 3.63) is 0 Å². The standard InChI is InChI=1S/C16H30N2O/c1-13(2)17-11-5-10-16(19)18-12-6-9-15(18)14-7-3-4-8-14/h13-15,17H,3-12H2,1-2H3. The molecule has 1 heterocycles. The monoisotopic (exact) mass is 266 g/mol. The van der Waals surface area contributed by atoms with E-state index in [2.05, 4.69) is 24.1 Å². The molecule has 1 saturated carbocycles. The fraction of sp³-hybridized carbons (Fsp3) is 0.938. The number of hydrogen-bond acceptors (Lipinski definition) is 2. The average molecular weight is 266 g/mol. The summed E-state index contributed by atoms with van der Waals surface area (Å²) in [7, 11) is 0. The van der Waals surface area contributed by atoms with E-state index in [1.54, 1.807) is 0 Å². The topological polar surface area (TPSA) is 32.3 Å². The van der Waals surface area contributed by atoms with Gasteiger partial charge >= 0.3 is 0 Å². The van der Waals surface area contributed by atoms with Crippen molar-refractivity contribution < 1.29 is 4.79 Å². The number of hydrogen-bond donors (Lipinski definition) is 1. The molecule has 3 heteroatoms. The molecule has 0 radical (unpaired) electrons. The Morgan fingerprint density at radius 2 is 1.95 bits per heavy atom. The number of carbonyl (C=O) groups is 1. The molecule has 1 atom stereocenters. The van der Waals surface area contributed by atoms with Crippen LogP contribution in [0.3, 0.4) is 0 Å². The Hall–Kier alpha value is -0.570. The van der Waals surface area contributed by atoms with E-state index in [9.17, 15) is 4.79 Å². The summed E-state index contributed by atoms with van der Waals surface area (Å²) in [6.07, 6.45) is 9.63. The average Bonchev–Trinajstić information content (AvgIpc) is 3.02. The SMILES string of the molecule is CC(C)NCCCC(=O)N1CCCC1C1CCCC1. The number of nitrogens with one attached hydrogen (secondary N) is 1. The van der Waals surface area contributed by atoms with E-state index in [0.29, 0.717) is 18.0 Å². The molecule has 0 spiro atoms. The summed E-state index contributed by atoms with van der Waals surface area (Å²) in [6.45, 7) is 6.28. The van der Waals surface area contributed by atoms with Crippen LogP contribution in [0.25, 0.3) is 0 Å². The number of nitrogens with zero attached hydrogens (tertiary/aromatic N) is 1. The van der Waals surface area contributed by atoms with Crippen LogP contribution in [0.5, 0.6) is 0 Å². The Balaban J connectivity index is 1.74. The van der Waals surface area contributed by atoms with Gasteiger partial charge < -0.3 is 10.2 Å². The van der Waals surface area contributed by atoms with E-state index < -0.39 is 0 Å². The van der Waals surface area contributed by atoms with Crippen LogP contribution < -0.4 is 5.32 Å². The molecule has 1 aliphatic carbocycles. The van der Waals surface area contributed by atoms with Crippen LogP contribution in [0, 0.1) is 5.92 Å². The molecule has 110 valence electrons. The number of carbonyl (C=O) groups excluding carboxylic acids is 1. The van der Waals surface area contributed by atoms with Crippen LogP contribution in [0.15, 0.2) is 0 Å². The van der Waals surface area contributed by atoms with Gasteiger partial charge in [0.15, 0.2) is 0 Å². The lowest BCUT2D eigenvalue weighted by Gasteiger charge is -2.29. The second-order valence-electron chi connectivity index (χ2n) is 6.55. The first-order valence-corrected chi connectivity index (χ1v) is 8.21. The third kappa shape index (κ3) is 4.20. The summed E-state index contributed by atoms with van der Waals surface area (Å²) in [5.74, 6) is 1.21. The molecule has 1 saturated heterocycles. The zero-order chi connectivity index (χ0) is 13.7. The minimum absolute atomic E-state index is 0.403. The van der Waals surface area contributed by atoms with Gasteiger partial charge in [0.2, 0.25) is 5.91 Å². The summed E-state index contributed by atoms with van der Waals surface area (Å²) in [5, 5.41) is 3.39. The molecule has 0 aromatic rings. The molecule has 0 aromatic heterocycles. The Kier molecular flexibility index (Phi) is 5.68. The summed E-state index contributed by atoms with van der Waals surface area (Å²) < 4.78 is 0. The van der Waals surface area contributed by atoms with E-state index in [-0.39, 0.29) is 0 Å². The molecule has 0 bridgehead atoms. The number of rotatable bonds is 6. The molecule has 2 fully saturated rings. The highest BCUT2D eigenvalue weighted by atomic mass is 16.2. The van der Waals surface area contributed by atoms with Crippen molar-refractivity contribution in [2.75, 3.05) is 13.1 Å². The van der Waals surface area contributed by atoms with Gasteiger partial charge in [0, 0.05) is 25.0 Å². The van der Waals surface area contributed by atoms with Crippen molar-refractivity contribution in [2.45, 2.75) is 77.3 Å². The maximum atomic E-state index is 12.4. The highest BCUT2D eigenvalue weighted by molar-refractivity contribution is 5.76. The maximum absolute atomic E-state index is 12.4. The van der Waals surface area contributed by atoms with Crippen LogP contribution in [0.1, 0.15) is 65.2 Å². The Bertz CT molecular complexity index is 284. The van der Waals surface area contributed by atoms with Crippen LogP contribution >= 0.6 is 0 Å². The first-order chi connectivity index (χ1) is 9.18. The number of amides is 1. The molecule has 1 unspecified atom stereocenters. The minimum Gasteiger partial charge on any atom is -0.339 e. The molecule has 2 rings (SSSR count). The fourth-order valence-electron chi connectivity index (χ4n) is 3.71. The summed E-state index contributed by atoms with van der Waals surface area (Å²) in [6, 6.07) is 1.10. The van der Waals surface area contributed by atoms with Gasteiger partial charge in [-0.15, -0.1) is 0 Å². The van der Waals surface area contributed by atoms with Crippen molar-refractivity contribution in [1.82, 2.24) is 10.2 Å². The van der Waals surface area contributed by atoms with Gasteiger partial charge in [-0.3, -0.25) is 4.79 Å². The molecular weight excluding hydrogens is 236 g/mol. The summed E-state index contributed by atoms with van der Waals surface area (Å²) in [5.41, 5.74) is 0. The van der Waals surface area contributed by atoms with Crippen LogP contribution in [-0.4, -0.2) is 36.0 Å². The predicted octanol–water partition coefficient (Wildman–Crippen LogP) is 2.95. The second-order valence-corrected chi connectivity index (χ2v) is 6.55. The highest BCUT2D eigenvalue weighted by Gasteiger charge is 2.35. The summed E-state index contributed by atoms with van der Waals surface area (Å²) in [4.78, 5) is 14.6. The Morgan fingerprint density at radius 1 is 1.21 bits per heavy atom. The lowest BCUT2D eigenvalue weighted by Crippen LogP contribution is -2.39. The predicted molar refractivity (Wildman–Crippen MR) is 79.1 cm³/mol. The van der Waals surface area contributed by atoms with Gasteiger partial charge in [0.1, 0.15) is 0 Å². The van der Waals surface area contributed by atoms with Gasteiger partial charge in [-0.1, -0.05) is 26.7 Å². The summed E-state index contributed by atoms with van der Waals surface area (Å²) >= 11 is 0. The molecule has 1 N–H and O–H groups in total. The second kappa shape index (κ2) is 7.28. The van der Waals surface area contributed by atoms with E-state index in [1.807, 2.05) is 0 Å². The molecule has 19 heavy (non-hydrogen) atoms. The third-order valence-corrected chi connectivity index (χ3v) is 4.68. The highest BCUT2D eigenvalue weighted by Crippen LogP contribution is 2.35. The minimum atomic E-state index is 0.403. The van der Waals surface area contributed by atoms with Gasteiger partial charge in [0.25, 0.3) is 0 Å². The van der Waals surface area contributed by atoms with E-state index in [1.165, 1.54) is 38.5 Å². The van der Waals surface area contributed by atoms with E-state index in [4.69, 9.17) is 0 Å². The lowest BCUT2D eigenvalue weighted by atomic mass is 9.96. The maximum Gasteiger partial charge on any atom is 0.222 e. The normalized spacial score (nSPS) is 24.6. The Labute approximate surface area is 118 Å². The van der Waals surface area contributed by atoms with Gasteiger partial charge in [-0.2, -0.15) is 0 Å². The quantitative estimate of drug-likeness (QED) is 0.750. The molecule has 1 amide bonds. The third-order valence-electron chi connectivity index (χ3n) is 4.68. The van der Waals surface area contributed by atoms with Crippen LogP contribution in [0.2, 0.25) is 0 Å². The van der Waals surface area contributed by atoms with Crippen molar-refractivity contribution in [3.63, 3.8) is 0 Å². The Morgan fingerprint density at radius 3 is 2.63 bits per heavy atom. The first kappa shape index (κ1) is 14.8. The van der Waals surface area contributed by atoms with Crippen molar-refractivity contribution in [3.8, 4) is 0 Å². The molecule has 0 aromatic carbocycles. The lowest BCUT2D eigenvalue weighted by molar-refractivity contribution is -0.133. The zero-order valence-corrected chi connectivity index (χ0v) is 12.7. The first-order valence-electron chi connectivity index (χ1n) is 8.21. The number of likely N-dealkylation sites (tertiary alicyclic amines) is 1. The van der Waals surface area contributed by atoms with E-state index in [0.717, 1.165) is 31.8 Å². The van der Waals surface area contributed by atoms with E-state index >= 15 is 0 Å². The zero-order valence-electron chi connectivity index (χ0n) is 12.7. The van der Waals surface area contributed by atoms with Crippen molar-refractivity contribution in [1.29, 1.82) is 0 Å². The fourth-order valence-corrected chi connectivity index (χ4v) is 3.71. The molecular formula is C16H30N2O. The molecule has 2 aliphatic rings. The van der Waals surface area contributed by atoms with Gasteiger partial charge in [-0.25, -0.2) is 0 Å². The smallest absolute Gasteiger partial charge is 0.222 e. The van der Waals surface area contributed by atoms with Crippen LogP contribution in [0.4, 0.5) is 0 Å².